The Morgan fingerprint density at radius 2 is 2.13 bits per heavy atom. The molecule has 2 rings (SSSR count). The SMILES string of the molecule is NNC(=O)c1cc(=O)[nH]c2c1CCCC2. The van der Waals surface area contributed by atoms with Gasteiger partial charge in [0.15, 0.2) is 0 Å². The number of hydrogen-bond donors (Lipinski definition) is 3. The van der Waals surface area contributed by atoms with Crippen LogP contribution < -0.4 is 16.8 Å². The number of fused-ring (bicyclic) bond motifs is 1. The molecule has 5 nitrogen and oxygen atoms in total. The fourth-order valence-electron chi connectivity index (χ4n) is 2.02. The Hall–Kier alpha value is -1.62. The van der Waals surface area contributed by atoms with Crippen molar-refractivity contribution in [3.8, 4) is 0 Å². The van der Waals surface area contributed by atoms with E-state index < -0.39 is 0 Å². The molecule has 1 aromatic rings. The minimum absolute atomic E-state index is 0.241. The predicted molar refractivity (Wildman–Crippen MR) is 55.4 cm³/mol. The van der Waals surface area contributed by atoms with E-state index in [1.807, 2.05) is 0 Å². The second-order valence-corrected chi connectivity index (χ2v) is 3.68. The van der Waals surface area contributed by atoms with Crippen LogP contribution in [0.1, 0.15) is 34.5 Å². The molecule has 0 bridgehead atoms. The topological polar surface area (TPSA) is 88.0 Å². The minimum Gasteiger partial charge on any atom is -0.326 e. The van der Waals surface area contributed by atoms with Crippen LogP contribution in [0.5, 0.6) is 0 Å². The minimum atomic E-state index is -0.390. The highest BCUT2D eigenvalue weighted by Gasteiger charge is 2.18. The van der Waals surface area contributed by atoms with E-state index in [0.29, 0.717) is 5.56 Å². The summed E-state index contributed by atoms with van der Waals surface area (Å²) < 4.78 is 0. The first-order chi connectivity index (χ1) is 7.22. The van der Waals surface area contributed by atoms with Crippen molar-refractivity contribution in [3.05, 3.63) is 33.2 Å². The van der Waals surface area contributed by atoms with Gasteiger partial charge < -0.3 is 4.98 Å². The summed E-state index contributed by atoms with van der Waals surface area (Å²) >= 11 is 0. The molecule has 0 radical (unpaired) electrons. The van der Waals surface area contributed by atoms with E-state index in [1.54, 1.807) is 0 Å². The summed E-state index contributed by atoms with van der Waals surface area (Å²) in [6.45, 7) is 0. The average Bonchev–Trinajstić information content (AvgIpc) is 2.26. The van der Waals surface area contributed by atoms with Crippen molar-refractivity contribution in [2.45, 2.75) is 25.7 Å². The Labute approximate surface area is 86.7 Å². The van der Waals surface area contributed by atoms with Gasteiger partial charge in [-0.2, -0.15) is 0 Å². The van der Waals surface area contributed by atoms with Crippen LogP contribution in [0.25, 0.3) is 0 Å². The van der Waals surface area contributed by atoms with Crippen LogP contribution in [0, 0.1) is 0 Å². The maximum Gasteiger partial charge on any atom is 0.265 e. The number of aromatic nitrogens is 1. The number of aryl methyl sites for hydroxylation is 1. The van der Waals surface area contributed by atoms with Crippen LogP contribution in [0.15, 0.2) is 10.9 Å². The van der Waals surface area contributed by atoms with Crippen LogP contribution >= 0.6 is 0 Å². The van der Waals surface area contributed by atoms with Crippen molar-refractivity contribution in [2.24, 2.45) is 5.84 Å². The molecule has 15 heavy (non-hydrogen) atoms. The van der Waals surface area contributed by atoms with Crippen molar-refractivity contribution < 1.29 is 4.79 Å². The van der Waals surface area contributed by atoms with E-state index in [0.717, 1.165) is 36.9 Å². The lowest BCUT2D eigenvalue weighted by molar-refractivity contribution is 0.0952. The highest BCUT2D eigenvalue weighted by Crippen LogP contribution is 2.21. The average molecular weight is 207 g/mol. The van der Waals surface area contributed by atoms with Gasteiger partial charge in [0.05, 0.1) is 5.56 Å². The molecule has 0 fully saturated rings. The van der Waals surface area contributed by atoms with E-state index in [4.69, 9.17) is 5.84 Å². The highest BCUT2D eigenvalue weighted by molar-refractivity contribution is 5.95. The fourth-order valence-corrected chi connectivity index (χ4v) is 2.02. The number of amides is 1. The van der Waals surface area contributed by atoms with Crippen LogP contribution in [-0.2, 0) is 12.8 Å². The molecular formula is C10H13N3O2. The molecule has 5 heteroatoms. The van der Waals surface area contributed by atoms with Crippen molar-refractivity contribution in [1.29, 1.82) is 0 Å². The number of hydrazine groups is 1. The van der Waals surface area contributed by atoms with Crippen molar-refractivity contribution in [2.75, 3.05) is 0 Å². The number of carbonyl (C=O) groups excluding carboxylic acids is 1. The Morgan fingerprint density at radius 1 is 1.40 bits per heavy atom. The number of hydrogen-bond acceptors (Lipinski definition) is 3. The van der Waals surface area contributed by atoms with Gasteiger partial charge in [-0.25, -0.2) is 5.84 Å². The number of nitrogens with two attached hydrogens (primary N) is 1. The molecule has 80 valence electrons. The van der Waals surface area contributed by atoms with E-state index in [2.05, 4.69) is 10.4 Å². The monoisotopic (exact) mass is 207 g/mol. The molecule has 1 heterocycles. The zero-order valence-corrected chi connectivity index (χ0v) is 8.30. The number of nitrogen functional groups attached to an aromatic ring is 1. The standard InChI is InChI=1S/C10H13N3O2/c11-13-10(15)7-5-9(14)12-8-4-2-1-3-6(7)8/h5H,1-4,11H2,(H,12,14)(H,13,15). The number of aromatic amines is 1. The Kier molecular flexibility index (Phi) is 2.55. The lowest BCUT2D eigenvalue weighted by atomic mass is 9.92. The lowest BCUT2D eigenvalue weighted by Crippen LogP contribution is -2.33. The third-order valence-electron chi connectivity index (χ3n) is 2.72. The van der Waals surface area contributed by atoms with E-state index in [1.165, 1.54) is 6.07 Å². The Morgan fingerprint density at radius 3 is 2.87 bits per heavy atom. The summed E-state index contributed by atoms with van der Waals surface area (Å²) in [6, 6.07) is 1.31. The van der Waals surface area contributed by atoms with Crippen molar-refractivity contribution in [3.63, 3.8) is 0 Å². The van der Waals surface area contributed by atoms with Gasteiger partial charge in [-0.3, -0.25) is 15.0 Å². The molecule has 0 unspecified atom stereocenters. The van der Waals surface area contributed by atoms with E-state index in [9.17, 15) is 9.59 Å². The number of carbonyl (C=O) groups is 1. The molecule has 0 spiro atoms. The quantitative estimate of drug-likeness (QED) is 0.340. The molecule has 1 aliphatic carbocycles. The third-order valence-corrected chi connectivity index (χ3v) is 2.72. The van der Waals surface area contributed by atoms with E-state index >= 15 is 0 Å². The van der Waals surface area contributed by atoms with Crippen molar-refractivity contribution in [1.82, 2.24) is 10.4 Å². The van der Waals surface area contributed by atoms with Crippen LogP contribution in [0.4, 0.5) is 0 Å². The lowest BCUT2D eigenvalue weighted by Gasteiger charge is -2.17. The Balaban J connectivity index is 2.57. The first-order valence-corrected chi connectivity index (χ1v) is 4.98. The summed E-state index contributed by atoms with van der Waals surface area (Å²) in [4.78, 5) is 25.5. The molecule has 1 amide bonds. The molecule has 0 atom stereocenters. The highest BCUT2D eigenvalue weighted by atomic mass is 16.2. The summed E-state index contributed by atoms with van der Waals surface area (Å²) in [5, 5.41) is 0. The third kappa shape index (κ3) is 1.78. The second-order valence-electron chi connectivity index (χ2n) is 3.68. The molecular weight excluding hydrogens is 194 g/mol. The fraction of sp³-hybridized carbons (Fsp3) is 0.400. The Bertz CT molecular complexity index is 450. The summed E-state index contributed by atoms with van der Waals surface area (Å²) in [5.74, 6) is 4.69. The smallest absolute Gasteiger partial charge is 0.265 e. The van der Waals surface area contributed by atoms with Crippen LogP contribution in [-0.4, -0.2) is 10.9 Å². The van der Waals surface area contributed by atoms with Gasteiger partial charge in [-0.05, 0) is 31.2 Å². The maximum atomic E-state index is 11.4. The van der Waals surface area contributed by atoms with Gasteiger partial charge in [-0.15, -0.1) is 0 Å². The summed E-state index contributed by atoms with van der Waals surface area (Å²) in [5.41, 5.74) is 4.05. The van der Waals surface area contributed by atoms with Gasteiger partial charge in [0.25, 0.3) is 5.91 Å². The second kappa shape index (κ2) is 3.86. The van der Waals surface area contributed by atoms with Gasteiger partial charge in [-0.1, -0.05) is 0 Å². The van der Waals surface area contributed by atoms with Gasteiger partial charge in [0, 0.05) is 11.8 Å². The van der Waals surface area contributed by atoms with Crippen molar-refractivity contribution >= 4 is 5.91 Å². The largest absolute Gasteiger partial charge is 0.326 e. The molecule has 0 saturated carbocycles. The molecule has 0 aromatic carbocycles. The van der Waals surface area contributed by atoms with Crippen LogP contribution in [0.3, 0.4) is 0 Å². The molecule has 0 saturated heterocycles. The van der Waals surface area contributed by atoms with E-state index in [-0.39, 0.29) is 11.5 Å². The van der Waals surface area contributed by atoms with Crippen LogP contribution in [0.2, 0.25) is 0 Å². The molecule has 1 aromatic heterocycles. The normalized spacial score (nSPS) is 14.5. The molecule has 1 aliphatic rings. The predicted octanol–water partition coefficient (Wildman–Crippen LogP) is -0.143. The van der Waals surface area contributed by atoms with Gasteiger partial charge in [0.2, 0.25) is 5.56 Å². The zero-order valence-electron chi connectivity index (χ0n) is 8.30. The van der Waals surface area contributed by atoms with Gasteiger partial charge >= 0.3 is 0 Å². The van der Waals surface area contributed by atoms with Gasteiger partial charge in [0.1, 0.15) is 0 Å². The summed E-state index contributed by atoms with van der Waals surface area (Å²) in [7, 11) is 0. The molecule has 4 N–H and O–H groups in total. The number of pyridine rings is 1. The maximum absolute atomic E-state index is 11.4. The first-order valence-electron chi connectivity index (χ1n) is 4.98. The number of H-pyrrole nitrogens is 1. The zero-order chi connectivity index (χ0) is 10.8. The first kappa shape index (κ1) is 9.92. The number of rotatable bonds is 1. The molecule has 0 aliphatic heterocycles. The number of nitrogens with one attached hydrogen (secondary N) is 2. The summed E-state index contributed by atoms with van der Waals surface area (Å²) in [6.07, 6.45) is 3.76.